The van der Waals surface area contributed by atoms with E-state index < -0.39 is 0 Å². The van der Waals surface area contributed by atoms with Crippen LogP contribution in [0.1, 0.15) is 32.1 Å². The van der Waals surface area contributed by atoms with Gasteiger partial charge in [0.1, 0.15) is 12.4 Å². The van der Waals surface area contributed by atoms with E-state index in [1.165, 1.54) is 49.7 Å². The molecule has 3 atom stereocenters. The number of quaternary nitrogens is 1. The third-order valence-electron chi connectivity index (χ3n) is 5.53. The van der Waals surface area contributed by atoms with Crippen LogP contribution in [0.15, 0.2) is 30.3 Å². The Morgan fingerprint density at radius 2 is 1.91 bits per heavy atom. The molecule has 4 nitrogen and oxygen atoms in total. The summed E-state index contributed by atoms with van der Waals surface area (Å²) in [4.78, 5) is 11.8. The van der Waals surface area contributed by atoms with Gasteiger partial charge in [-0.05, 0) is 37.8 Å². The molecular formula is C19H28NO3+. The summed E-state index contributed by atoms with van der Waals surface area (Å²) in [6.45, 7) is 3.33. The number of esters is 1. The van der Waals surface area contributed by atoms with Crippen LogP contribution in [-0.2, 0) is 9.53 Å². The van der Waals surface area contributed by atoms with Crippen LogP contribution in [0.5, 0.6) is 5.75 Å². The number of benzene rings is 1. The number of rotatable bonds is 5. The lowest BCUT2D eigenvalue weighted by Crippen LogP contribution is -2.61. The molecule has 2 aliphatic heterocycles. The summed E-state index contributed by atoms with van der Waals surface area (Å²) in [5.74, 6) is 0.849. The van der Waals surface area contributed by atoms with E-state index in [9.17, 15) is 4.79 Å². The van der Waals surface area contributed by atoms with E-state index in [1.54, 1.807) is 12.1 Å². The Labute approximate surface area is 139 Å². The molecule has 2 aliphatic rings. The SMILES string of the molecule is C[N@+]12CCCC[C@@H]1[C@H](COCC(=O)Oc1ccccc1)CCC2. The van der Waals surface area contributed by atoms with Gasteiger partial charge in [-0.1, -0.05) is 18.2 Å². The van der Waals surface area contributed by atoms with Crippen molar-refractivity contribution in [1.82, 2.24) is 0 Å². The quantitative estimate of drug-likeness (QED) is 0.475. The first-order valence-electron chi connectivity index (χ1n) is 8.85. The van der Waals surface area contributed by atoms with Gasteiger partial charge in [-0.15, -0.1) is 0 Å². The molecule has 0 aliphatic carbocycles. The largest absolute Gasteiger partial charge is 0.425 e. The zero-order chi connectivity index (χ0) is 16.1. The molecule has 0 unspecified atom stereocenters. The molecule has 1 aromatic carbocycles. The number of ether oxygens (including phenoxy) is 2. The van der Waals surface area contributed by atoms with Crippen molar-refractivity contribution in [3.63, 3.8) is 0 Å². The average Bonchev–Trinajstić information content (AvgIpc) is 2.55. The lowest BCUT2D eigenvalue weighted by Gasteiger charge is -2.51. The molecule has 0 bridgehead atoms. The van der Waals surface area contributed by atoms with Gasteiger partial charge in [0.05, 0.1) is 32.8 Å². The van der Waals surface area contributed by atoms with Crippen LogP contribution in [-0.4, -0.2) is 49.8 Å². The first-order chi connectivity index (χ1) is 11.2. The normalized spacial score (nSPS) is 30.5. The van der Waals surface area contributed by atoms with Gasteiger partial charge in [-0.25, -0.2) is 4.79 Å². The van der Waals surface area contributed by atoms with Crippen LogP contribution in [0.4, 0.5) is 0 Å². The van der Waals surface area contributed by atoms with Crippen molar-refractivity contribution in [1.29, 1.82) is 0 Å². The molecule has 0 N–H and O–H groups in total. The number of nitrogens with zero attached hydrogens (tertiary/aromatic N) is 1. The van der Waals surface area contributed by atoms with Gasteiger partial charge in [0.2, 0.25) is 0 Å². The Bertz CT molecular complexity index is 515. The standard InChI is InChI=1S/C19H28NO3/c1-20-12-6-5-11-18(20)16(8-7-13-20)14-22-15-19(21)23-17-9-3-2-4-10-17/h2-4,9-10,16,18H,5-8,11-15H2,1H3/q+1/t16-,18+,20+/m0/s1. The fraction of sp³-hybridized carbons (Fsp3) is 0.632. The molecule has 4 heteroatoms. The summed E-state index contributed by atoms with van der Waals surface area (Å²) in [5, 5.41) is 0. The molecule has 0 radical (unpaired) electrons. The van der Waals surface area contributed by atoms with Crippen molar-refractivity contribution >= 4 is 5.97 Å². The maximum absolute atomic E-state index is 11.8. The minimum absolute atomic E-state index is 0.0435. The summed E-state index contributed by atoms with van der Waals surface area (Å²) >= 11 is 0. The van der Waals surface area contributed by atoms with Crippen molar-refractivity contribution in [2.75, 3.05) is 33.4 Å². The molecular weight excluding hydrogens is 290 g/mol. The van der Waals surface area contributed by atoms with E-state index in [1.807, 2.05) is 18.2 Å². The number of hydrogen-bond acceptors (Lipinski definition) is 3. The van der Waals surface area contributed by atoms with Crippen LogP contribution >= 0.6 is 0 Å². The highest BCUT2D eigenvalue weighted by molar-refractivity contribution is 5.73. The second-order valence-electron chi connectivity index (χ2n) is 7.19. The third kappa shape index (κ3) is 4.12. The monoisotopic (exact) mass is 318 g/mol. The van der Waals surface area contributed by atoms with Crippen LogP contribution in [0, 0.1) is 5.92 Å². The highest BCUT2D eigenvalue weighted by Crippen LogP contribution is 2.36. The van der Waals surface area contributed by atoms with Gasteiger partial charge in [0, 0.05) is 12.3 Å². The van der Waals surface area contributed by atoms with Gasteiger partial charge in [0.15, 0.2) is 0 Å². The maximum atomic E-state index is 11.8. The van der Waals surface area contributed by atoms with Gasteiger partial charge >= 0.3 is 5.97 Å². The molecule has 0 spiro atoms. The predicted molar refractivity (Wildman–Crippen MR) is 89.2 cm³/mol. The molecule has 2 fully saturated rings. The summed E-state index contributed by atoms with van der Waals surface area (Å²) in [6.07, 6.45) is 6.50. The van der Waals surface area contributed by atoms with Crippen molar-refractivity contribution in [2.45, 2.75) is 38.1 Å². The summed E-state index contributed by atoms with van der Waals surface area (Å²) < 4.78 is 12.2. The van der Waals surface area contributed by atoms with Gasteiger partial charge in [-0.3, -0.25) is 0 Å². The fourth-order valence-electron chi connectivity index (χ4n) is 4.37. The molecule has 2 heterocycles. The molecule has 23 heavy (non-hydrogen) atoms. The molecule has 0 aromatic heterocycles. The topological polar surface area (TPSA) is 35.5 Å². The van der Waals surface area contributed by atoms with Gasteiger partial charge < -0.3 is 14.0 Å². The van der Waals surface area contributed by atoms with E-state index in [4.69, 9.17) is 9.47 Å². The lowest BCUT2D eigenvalue weighted by atomic mass is 9.82. The molecule has 1 aromatic rings. The number of carbonyl (C=O) groups excluding carboxylic acids is 1. The predicted octanol–water partition coefficient (Wildman–Crippen LogP) is 3.02. The zero-order valence-electron chi connectivity index (χ0n) is 14.1. The van der Waals surface area contributed by atoms with Crippen molar-refractivity contribution < 1.29 is 18.8 Å². The first kappa shape index (κ1) is 16.5. The van der Waals surface area contributed by atoms with Crippen molar-refractivity contribution in [3.05, 3.63) is 30.3 Å². The minimum Gasteiger partial charge on any atom is -0.425 e. The third-order valence-corrected chi connectivity index (χ3v) is 5.53. The minimum atomic E-state index is -0.312. The number of piperidine rings is 2. The van der Waals surface area contributed by atoms with Crippen molar-refractivity contribution in [2.24, 2.45) is 5.92 Å². The van der Waals surface area contributed by atoms with Crippen LogP contribution in [0.25, 0.3) is 0 Å². The highest BCUT2D eigenvalue weighted by atomic mass is 16.6. The maximum Gasteiger partial charge on any atom is 0.337 e. The molecule has 3 rings (SSSR count). The van der Waals surface area contributed by atoms with E-state index in [0.29, 0.717) is 24.3 Å². The highest BCUT2D eigenvalue weighted by Gasteiger charge is 2.43. The second kappa shape index (κ2) is 7.45. The van der Waals surface area contributed by atoms with Crippen LogP contribution in [0.2, 0.25) is 0 Å². The number of carbonyl (C=O) groups is 1. The summed E-state index contributed by atoms with van der Waals surface area (Å²) in [5.41, 5.74) is 0. The Morgan fingerprint density at radius 1 is 1.13 bits per heavy atom. The fourth-order valence-corrected chi connectivity index (χ4v) is 4.37. The van der Waals surface area contributed by atoms with E-state index in [2.05, 4.69) is 7.05 Å². The van der Waals surface area contributed by atoms with E-state index >= 15 is 0 Å². The Balaban J connectivity index is 1.45. The molecule has 2 saturated heterocycles. The first-order valence-corrected chi connectivity index (χ1v) is 8.85. The number of para-hydroxylation sites is 1. The van der Waals surface area contributed by atoms with E-state index in [-0.39, 0.29) is 12.6 Å². The Hall–Kier alpha value is -1.39. The number of fused-ring (bicyclic) bond motifs is 1. The summed E-state index contributed by atoms with van der Waals surface area (Å²) in [6, 6.07) is 9.88. The zero-order valence-corrected chi connectivity index (χ0v) is 14.1. The van der Waals surface area contributed by atoms with Gasteiger partial charge in [-0.2, -0.15) is 0 Å². The number of hydrogen-bond donors (Lipinski definition) is 0. The smallest absolute Gasteiger partial charge is 0.337 e. The van der Waals surface area contributed by atoms with Gasteiger partial charge in [0.25, 0.3) is 0 Å². The Morgan fingerprint density at radius 3 is 2.74 bits per heavy atom. The lowest BCUT2D eigenvalue weighted by molar-refractivity contribution is -0.947. The molecule has 0 saturated carbocycles. The molecule has 0 amide bonds. The van der Waals surface area contributed by atoms with Crippen LogP contribution < -0.4 is 4.74 Å². The summed E-state index contributed by atoms with van der Waals surface area (Å²) in [7, 11) is 2.40. The van der Waals surface area contributed by atoms with Crippen LogP contribution in [0.3, 0.4) is 0 Å². The molecule has 126 valence electrons. The Kier molecular flexibility index (Phi) is 5.34. The average molecular weight is 318 g/mol. The second-order valence-corrected chi connectivity index (χ2v) is 7.19. The van der Waals surface area contributed by atoms with E-state index in [0.717, 1.165) is 0 Å². The van der Waals surface area contributed by atoms with Crippen molar-refractivity contribution in [3.8, 4) is 5.75 Å².